The van der Waals surface area contributed by atoms with Crippen molar-refractivity contribution >= 4 is 11.8 Å². The van der Waals surface area contributed by atoms with E-state index in [1.807, 2.05) is 45.0 Å². The van der Waals surface area contributed by atoms with Crippen molar-refractivity contribution in [1.82, 2.24) is 10.2 Å². The first-order valence-corrected chi connectivity index (χ1v) is 12.1. The molecule has 0 unspecified atom stereocenters. The molecule has 0 aromatic heterocycles. The van der Waals surface area contributed by atoms with Crippen LogP contribution in [0.3, 0.4) is 0 Å². The molecular formula is C28H40N2O3. The van der Waals surface area contributed by atoms with Gasteiger partial charge in [-0.15, -0.1) is 0 Å². The second-order valence-corrected chi connectivity index (χ2v) is 9.01. The van der Waals surface area contributed by atoms with Gasteiger partial charge in [-0.25, -0.2) is 0 Å². The maximum absolute atomic E-state index is 13.4. The maximum Gasteiger partial charge on any atom is 0.243 e. The molecular weight excluding hydrogens is 412 g/mol. The molecule has 2 rings (SSSR count). The number of amides is 2. The Morgan fingerprint density at radius 1 is 0.909 bits per heavy atom. The van der Waals surface area contributed by atoms with Gasteiger partial charge in [0.25, 0.3) is 0 Å². The Balaban J connectivity index is 2.19. The van der Waals surface area contributed by atoms with E-state index < -0.39 is 6.04 Å². The van der Waals surface area contributed by atoms with E-state index in [9.17, 15) is 9.59 Å². The molecule has 2 aromatic carbocycles. The van der Waals surface area contributed by atoms with Gasteiger partial charge < -0.3 is 15.0 Å². The van der Waals surface area contributed by atoms with E-state index >= 15 is 0 Å². The highest BCUT2D eigenvalue weighted by molar-refractivity contribution is 5.87. The van der Waals surface area contributed by atoms with Gasteiger partial charge in [0.05, 0.1) is 7.11 Å². The van der Waals surface area contributed by atoms with Crippen LogP contribution in [-0.4, -0.2) is 35.9 Å². The Hall–Kier alpha value is -2.82. The van der Waals surface area contributed by atoms with Gasteiger partial charge in [0.2, 0.25) is 11.8 Å². The molecule has 33 heavy (non-hydrogen) atoms. The fraction of sp³-hybridized carbons (Fsp3) is 0.500. The number of aryl methyl sites for hydroxylation is 1. The lowest BCUT2D eigenvalue weighted by atomic mass is 10.00. The van der Waals surface area contributed by atoms with Crippen molar-refractivity contribution in [1.29, 1.82) is 0 Å². The van der Waals surface area contributed by atoms with Crippen LogP contribution in [-0.2, 0) is 22.6 Å². The van der Waals surface area contributed by atoms with Crippen molar-refractivity contribution in [3.05, 3.63) is 65.2 Å². The highest BCUT2D eigenvalue weighted by Gasteiger charge is 2.29. The number of hydrogen-bond acceptors (Lipinski definition) is 3. The summed E-state index contributed by atoms with van der Waals surface area (Å²) < 4.78 is 5.25. The van der Waals surface area contributed by atoms with Gasteiger partial charge in [-0.2, -0.15) is 0 Å². The summed E-state index contributed by atoms with van der Waals surface area (Å²) >= 11 is 0. The number of methoxy groups -OCH3 is 1. The summed E-state index contributed by atoms with van der Waals surface area (Å²) in [6, 6.07) is 15.7. The molecule has 5 nitrogen and oxygen atoms in total. The molecule has 0 heterocycles. The van der Waals surface area contributed by atoms with E-state index in [4.69, 9.17) is 4.74 Å². The maximum atomic E-state index is 13.4. The molecule has 0 aliphatic rings. The fourth-order valence-corrected chi connectivity index (χ4v) is 3.75. The second kappa shape index (κ2) is 13.0. The van der Waals surface area contributed by atoms with Gasteiger partial charge in [-0.3, -0.25) is 9.59 Å². The predicted octanol–water partition coefficient (Wildman–Crippen LogP) is 5.47. The van der Waals surface area contributed by atoms with Crippen molar-refractivity contribution in [2.24, 2.45) is 0 Å². The minimum absolute atomic E-state index is 0.00935. The Kier molecular flexibility index (Phi) is 10.4. The molecule has 2 amide bonds. The Morgan fingerprint density at radius 2 is 1.52 bits per heavy atom. The third kappa shape index (κ3) is 7.92. The molecule has 0 saturated heterocycles. The average molecular weight is 453 g/mol. The van der Waals surface area contributed by atoms with E-state index in [2.05, 4.69) is 43.4 Å². The predicted molar refractivity (Wildman–Crippen MR) is 134 cm³/mol. The van der Waals surface area contributed by atoms with Crippen molar-refractivity contribution < 1.29 is 14.3 Å². The first-order chi connectivity index (χ1) is 15.8. The third-order valence-electron chi connectivity index (χ3n) is 6.17. The molecule has 0 radical (unpaired) electrons. The van der Waals surface area contributed by atoms with Gasteiger partial charge in [-0.05, 0) is 60.9 Å². The SMILES string of the molecule is CC[C@@H](C)NC(=O)[C@@H](CC)N(Cc1ccc(OC)cc1)C(=O)CCc1ccc(C(C)C)cc1. The third-order valence-corrected chi connectivity index (χ3v) is 6.17. The van der Waals surface area contributed by atoms with Crippen LogP contribution < -0.4 is 10.1 Å². The smallest absolute Gasteiger partial charge is 0.243 e. The van der Waals surface area contributed by atoms with Crippen LogP contribution in [0.2, 0.25) is 0 Å². The second-order valence-electron chi connectivity index (χ2n) is 9.01. The van der Waals surface area contributed by atoms with E-state index in [1.165, 1.54) is 5.56 Å². The average Bonchev–Trinajstić information content (AvgIpc) is 2.82. The zero-order valence-corrected chi connectivity index (χ0v) is 21.1. The number of nitrogens with zero attached hydrogens (tertiary/aromatic N) is 1. The standard InChI is InChI=1S/C28H40N2O3/c1-7-21(5)29-28(32)26(8-2)30(19-23-11-16-25(33-6)17-12-23)27(31)18-13-22-9-14-24(15-10-22)20(3)4/h9-12,14-17,20-21,26H,7-8,13,18-19H2,1-6H3,(H,29,32)/t21-,26-/m1/s1. The summed E-state index contributed by atoms with van der Waals surface area (Å²) in [5.41, 5.74) is 3.40. The Labute approximate surface area is 199 Å². The lowest BCUT2D eigenvalue weighted by molar-refractivity contribution is -0.141. The first-order valence-electron chi connectivity index (χ1n) is 12.1. The summed E-state index contributed by atoms with van der Waals surface area (Å²) in [6.07, 6.45) is 2.43. The molecule has 0 fully saturated rings. The largest absolute Gasteiger partial charge is 0.497 e. The number of benzene rings is 2. The van der Waals surface area contributed by atoms with Crippen molar-refractivity contribution in [2.75, 3.05) is 7.11 Å². The summed E-state index contributed by atoms with van der Waals surface area (Å²) in [7, 11) is 1.63. The van der Waals surface area contributed by atoms with Crippen LogP contribution in [0.5, 0.6) is 5.75 Å². The van der Waals surface area contributed by atoms with Gasteiger partial charge in [0.1, 0.15) is 11.8 Å². The highest BCUT2D eigenvalue weighted by atomic mass is 16.5. The molecule has 180 valence electrons. The molecule has 2 aromatic rings. The molecule has 0 aliphatic carbocycles. The molecule has 2 atom stereocenters. The molecule has 0 saturated carbocycles. The van der Waals surface area contributed by atoms with Gasteiger partial charge >= 0.3 is 0 Å². The van der Waals surface area contributed by atoms with Crippen LogP contribution >= 0.6 is 0 Å². The van der Waals surface area contributed by atoms with Gasteiger partial charge in [0.15, 0.2) is 0 Å². The number of hydrogen-bond donors (Lipinski definition) is 1. The van der Waals surface area contributed by atoms with Gasteiger partial charge in [-0.1, -0.05) is 64.1 Å². The summed E-state index contributed by atoms with van der Waals surface area (Å²) in [5, 5.41) is 3.06. The molecule has 0 bridgehead atoms. The van der Waals surface area contributed by atoms with Crippen LogP contribution in [0, 0.1) is 0 Å². The van der Waals surface area contributed by atoms with E-state index in [0.717, 1.165) is 23.3 Å². The minimum Gasteiger partial charge on any atom is -0.497 e. The number of carbonyl (C=O) groups is 2. The Morgan fingerprint density at radius 3 is 2.03 bits per heavy atom. The van der Waals surface area contributed by atoms with Crippen molar-refractivity contribution in [3.8, 4) is 5.75 Å². The topological polar surface area (TPSA) is 58.6 Å². The minimum atomic E-state index is -0.503. The number of carbonyl (C=O) groups excluding carboxylic acids is 2. The summed E-state index contributed by atoms with van der Waals surface area (Å²) in [6.45, 7) is 10.7. The van der Waals surface area contributed by atoms with Crippen molar-refractivity contribution in [2.45, 2.75) is 84.8 Å². The van der Waals surface area contributed by atoms with Crippen LogP contribution in [0.4, 0.5) is 0 Å². The number of rotatable bonds is 12. The van der Waals surface area contributed by atoms with E-state index in [-0.39, 0.29) is 17.9 Å². The van der Waals surface area contributed by atoms with Crippen LogP contribution in [0.1, 0.15) is 76.5 Å². The molecule has 5 heteroatoms. The fourth-order valence-electron chi connectivity index (χ4n) is 3.75. The quantitative estimate of drug-likeness (QED) is 0.464. The normalized spacial score (nSPS) is 12.8. The zero-order chi connectivity index (χ0) is 24.4. The van der Waals surface area contributed by atoms with Crippen molar-refractivity contribution in [3.63, 3.8) is 0 Å². The molecule has 1 N–H and O–H groups in total. The molecule has 0 spiro atoms. The number of ether oxygens (including phenoxy) is 1. The monoisotopic (exact) mass is 452 g/mol. The number of nitrogens with one attached hydrogen (secondary N) is 1. The lowest BCUT2D eigenvalue weighted by Gasteiger charge is -2.31. The lowest BCUT2D eigenvalue weighted by Crippen LogP contribution is -2.50. The highest BCUT2D eigenvalue weighted by Crippen LogP contribution is 2.19. The van der Waals surface area contributed by atoms with Gasteiger partial charge in [0, 0.05) is 19.0 Å². The zero-order valence-electron chi connectivity index (χ0n) is 21.1. The summed E-state index contributed by atoms with van der Waals surface area (Å²) in [4.78, 5) is 28.2. The van der Waals surface area contributed by atoms with E-state index in [0.29, 0.717) is 31.7 Å². The summed E-state index contributed by atoms with van der Waals surface area (Å²) in [5.74, 6) is 1.15. The van der Waals surface area contributed by atoms with Crippen LogP contribution in [0.15, 0.2) is 48.5 Å². The Bertz CT molecular complexity index is 875. The molecule has 0 aliphatic heterocycles. The van der Waals surface area contributed by atoms with E-state index in [1.54, 1.807) is 12.0 Å². The first kappa shape index (κ1) is 26.4. The van der Waals surface area contributed by atoms with Crippen LogP contribution in [0.25, 0.3) is 0 Å².